The Bertz CT molecular complexity index is 1550. The Morgan fingerprint density at radius 3 is 2.35 bits per heavy atom. The molecule has 5 atom stereocenters. The Labute approximate surface area is 185 Å². The average molecular weight is 441 g/mol. The fraction of sp³-hybridized carbons (Fsp3) is 0.192. The summed E-state index contributed by atoms with van der Waals surface area (Å²) in [4.78, 5) is 13.3. The molecule has 0 spiro atoms. The van der Waals surface area contributed by atoms with Gasteiger partial charge in [-0.25, -0.2) is 4.79 Å². The SMILES string of the molecule is O=C1OC2C(O1)C1C(c3ccccc3)c3c(sc4c3sc3cc5ccccc5cc34)C21. The highest BCUT2D eigenvalue weighted by Crippen LogP contribution is 2.67. The zero-order valence-electron chi connectivity index (χ0n) is 16.3. The maximum atomic E-state index is 11.9. The summed E-state index contributed by atoms with van der Waals surface area (Å²) in [6.07, 6.45) is -0.771. The minimum atomic E-state index is -0.506. The lowest BCUT2D eigenvalue weighted by Crippen LogP contribution is -2.51. The summed E-state index contributed by atoms with van der Waals surface area (Å²) in [7, 11) is 0. The summed E-state index contributed by atoms with van der Waals surface area (Å²) >= 11 is 3.82. The Morgan fingerprint density at radius 1 is 0.774 bits per heavy atom. The van der Waals surface area contributed by atoms with E-state index in [4.69, 9.17) is 9.47 Å². The number of benzene rings is 3. The highest BCUT2D eigenvalue weighted by Gasteiger charge is 2.67. The quantitative estimate of drug-likeness (QED) is 0.262. The van der Waals surface area contributed by atoms with Crippen LogP contribution in [-0.4, -0.2) is 18.4 Å². The summed E-state index contributed by atoms with van der Waals surface area (Å²) in [5.41, 5.74) is 2.75. The molecule has 5 heteroatoms. The van der Waals surface area contributed by atoms with Crippen molar-refractivity contribution in [1.29, 1.82) is 0 Å². The summed E-state index contributed by atoms with van der Waals surface area (Å²) in [6.45, 7) is 0. The van der Waals surface area contributed by atoms with E-state index in [9.17, 15) is 4.79 Å². The van der Waals surface area contributed by atoms with Gasteiger partial charge in [-0.1, -0.05) is 54.6 Å². The van der Waals surface area contributed by atoms with Gasteiger partial charge in [-0.3, -0.25) is 0 Å². The van der Waals surface area contributed by atoms with Crippen molar-refractivity contribution in [2.24, 2.45) is 5.92 Å². The molecule has 0 N–H and O–H groups in total. The first-order chi connectivity index (χ1) is 15.3. The lowest BCUT2D eigenvalue weighted by molar-refractivity contribution is -0.0293. The Morgan fingerprint density at radius 2 is 1.52 bits per heavy atom. The van der Waals surface area contributed by atoms with E-state index >= 15 is 0 Å². The van der Waals surface area contributed by atoms with Gasteiger partial charge in [0.05, 0.1) is 9.40 Å². The number of hydrogen-bond acceptors (Lipinski definition) is 5. The lowest BCUT2D eigenvalue weighted by Gasteiger charge is -2.42. The average Bonchev–Trinajstić information content (AvgIpc) is 3.48. The predicted octanol–water partition coefficient (Wildman–Crippen LogP) is 7.03. The molecule has 3 aliphatic rings. The Balaban J connectivity index is 1.41. The second kappa shape index (κ2) is 5.67. The van der Waals surface area contributed by atoms with Gasteiger partial charge in [-0.2, -0.15) is 0 Å². The van der Waals surface area contributed by atoms with Crippen LogP contribution >= 0.6 is 22.7 Å². The topological polar surface area (TPSA) is 35.5 Å². The maximum Gasteiger partial charge on any atom is 0.509 e. The van der Waals surface area contributed by atoms with Gasteiger partial charge in [0.15, 0.2) is 6.10 Å². The molecule has 2 fully saturated rings. The third-order valence-electron chi connectivity index (χ3n) is 7.33. The molecule has 8 rings (SSSR count). The fourth-order valence-electron chi connectivity index (χ4n) is 6.06. The Kier molecular flexibility index (Phi) is 3.06. The molecule has 2 aliphatic carbocycles. The minimum absolute atomic E-state index is 0.130. The van der Waals surface area contributed by atoms with E-state index in [-0.39, 0.29) is 30.0 Å². The van der Waals surface area contributed by atoms with Crippen molar-refractivity contribution in [2.45, 2.75) is 24.0 Å². The van der Waals surface area contributed by atoms with Crippen molar-refractivity contribution in [2.75, 3.05) is 0 Å². The smallest absolute Gasteiger partial charge is 0.427 e. The van der Waals surface area contributed by atoms with Gasteiger partial charge in [0.1, 0.15) is 6.10 Å². The number of thiophene rings is 2. The molecular formula is C26H16O3S2. The van der Waals surface area contributed by atoms with Gasteiger partial charge in [0.25, 0.3) is 0 Å². The van der Waals surface area contributed by atoms with E-state index in [2.05, 4.69) is 66.7 Å². The maximum absolute atomic E-state index is 11.9. The van der Waals surface area contributed by atoms with E-state index in [1.807, 2.05) is 22.7 Å². The molecule has 3 aromatic carbocycles. The molecule has 31 heavy (non-hydrogen) atoms. The van der Waals surface area contributed by atoms with Crippen LogP contribution in [0.1, 0.15) is 27.8 Å². The number of carbonyl (C=O) groups is 1. The van der Waals surface area contributed by atoms with Gasteiger partial charge >= 0.3 is 6.16 Å². The first-order valence-corrected chi connectivity index (χ1v) is 12.2. The standard InChI is InChI=1S/C26H16O3S2/c27-26-28-21-18-17(12-6-2-1-3-7-12)20-24(19(18)22(21)29-26)31-23-15-10-13-8-4-5-9-14(13)11-16(15)30-25(20)23/h1-11,17-19,21-22H. The van der Waals surface area contributed by atoms with Crippen LogP contribution in [0.15, 0.2) is 66.7 Å². The number of hydrogen-bond donors (Lipinski definition) is 0. The molecule has 3 nitrogen and oxygen atoms in total. The zero-order valence-corrected chi connectivity index (χ0v) is 17.9. The van der Waals surface area contributed by atoms with Gasteiger partial charge in [0, 0.05) is 32.7 Å². The van der Waals surface area contributed by atoms with Crippen molar-refractivity contribution in [3.8, 4) is 0 Å². The third kappa shape index (κ3) is 2.01. The largest absolute Gasteiger partial charge is 0.509 e. The van der Waals surface area contributed by atoms with Crippen LogP contribution in [-0.2, 0) is 9.47 Å². The van der Waals surface area contributed by atoms with E-state index < -0.39 is 6.16 Å². The number of rotatable bonds is 1. The van der Waals surface area contributed by atoms with E-state index in [1.165, 1.54) is 46.3 Å². The van der Waals surface area contributed by atoms with Crippen molar-refractivity contribution in [1.82, 2.24) is 0 Å². The summed E-state index contributed by atoms with van der Waals surface area (Å²) in [5, 5.41) is 3.91. The van der Waals surface area contributed by atoms with Crippen LogP contribution < -0.4 is 0 Å². The zero-order chi connectivity index (χ0) is 20.3. The molecule has 3 heterocycles. The summed E-state index contributed by atoms with van der Waals surface area (Å²) in [6, 6.07) is 24.0. The normalized spacial score (nSPS) is 28.3. The van der Waals surface area contributed by atoms with Crippen LogP contribution in [0.2, 0.25) is 0 Å². The first-order valence-electron chi connectivity index (χ1n) is 10.6. The van der Waals surface area contributed by atoms with Crippen LogP contribution in [0, 0.1) is 5.92 Å². The number of ether oxygens (including phenoxy) is 2. The third-order valence-corrected chi connectivity index (χ3v) is 9.98. The highest BCUT2D eigenvalue weighted by molar-refractivity contribution is 7.33. The Hall–Kier alpha value is -2.89. The highest BCUT2D eigenvalue weighted by atomic mass is 32.1. The van der Waals surface area contributed by atoms with Gasteiger partial charge < -0.3 is 9.47 Å². The molecule has 5 aromatic rings. The van der Waals surface area contributed by atoms with Gasteiger partial charge in [0.2, 0.25) is 0 Å². The van der Waals surface area contributed by atoms with E-state index in [0.29, 0.717) is 0 Å². The molecule has 150 valence electrons. The molecule has 1 aliphatic heterocycles. The molecule has 2 aromatic heterocycles. The molecular weight excluding hydrogens is 424 g/mol. The first kappa shape index (κ1) is 16.8. The molecule has 0 radical (unpaired) electrons. The van der Waals surface area contributed by atoms with Gasteiger partial charge in [-0.15, -0.1) is 22.7 Å². The fourth-order valence-corrected chi connectivity index (χ4v) is 9.13. The summed E-state index contributed by atoms with van der Waals surface area (Å²) < 4.78 is 15.3. The van der Waals surface area contributed by atoms with E-state index in [1.54, 1.807) is 0 Å². The van der Waals surface area contributed by atoms with Crippen molar-refractivity contribution in [3.05, 3.63) is 82.7 Å². The second-order valence-electron chi connectivity index (χ2n) is 8.74. The minimum Gasteiger partial charge on any atom is -0.427 e. The van der Waals surface area contributed by atoms with Crippen LogP contribution in [0.25, 0.3) is 30.3 Å². The molecule has 1 saturated heterocycles. The van der Waals surface area contributed by atoms with E-state index in [0.717, 1.165) is 0 Å². The number of carbonyl (C=O) groups excluding carboxylic acids is 1. The lowest BCUT2D eigenvalue weighted by atomic mass is 9.65. The molecule has 0 bridgehead atoms. The van der Waals surface area contributed by atoms with Gasteiger partial charge in [-0.05, 0) is 34.0 Å². The van der Waals surface area contributed by atoms with Crippen molar-refractivity contribution in [3.63, 3.8) is 0 Å². The van der Waals surface area contributed by atoms with Crippen molar-refractivity contribution >= 4 is 59.1 Å². The monoisotopic (exact) mass is 440 g/mol. The second-order valence-corrected chi connectivity index (χ2v) is 10.8. The molecule has 1 saturated carbocycles. The van der Waals surface area contributed by atoms with Crippen LogP contribution in [0.3, 0.4) is 0 Å². The van der Waals surface area contributed by atoms with Crippen LogP contribution in [0.4, 0.5) is 4.79 Å². The predicted molar refractivity (Wildman–Crippen MR) is 124 cm³/mol. The molecule has 5 unspecified atom stereocenters. The number of fused-ring (bicyclic) bond motifs is 11. The summed E-state index contributed by atoms with van der Waals surface area (Å²) in [5.74, 6) is 0.763. The van der Waals surface area contributed by atoms with Crippen LogP contribution in [0.5, 0.6) is 0 Å². The molecule has 0 amide bonds. The van der Waals surface area contributed by atoms with Crippen molar-refractivity contribution < 1.29 is 14.3 Å².